The molecule has 0 aliphatic rings. The second kappa shape index (κ2) is 5.52. The Labute approximate surface area is 103 Å². The number of anilines is 1. The second-order valence-electron chi connectivity index (χ2n) is 3.42. The summed E-state index contributed by atoms with van der Waals surface area (Å²) in [5.74, 6) is 0.00596. The van der Waals surface area contributed by atoms with Gasteiger partial charge in [0.05, 0.1) is 10.7 Å². The van der Waals surface area contributed by atoms with Crippen molar-refractivity contribution in [3.63, 3.8) is 0 Å². The Balaban J connectivity index is 2.77. The molecular formula is C11H13BrClNO. The lowest BCUT2D eigenvalue weighted by Gasteiger charge is -2.11. The van der Waals surface area contributed by atoms with Crippen molar-refractivity contribution in [1.29, 1.82) is 0 Å². The molecule has 0 spiro atoms. The molecule has 0 bridgehead atoms. The highest BCUT2D eigenvalue weighted by Crippen LogP contribution is 2.26. The van der Waals surface area contributed by atoms with Crippen LogP contribution in [0.3, 0.4) is 0 Å². The minimum Gasteiger partial charge on any atom is -0.325 e. The molecule has 0 aliphatic heterocycles. The van der Waals surface area contributed by atoms with Gasteiger partial charge in [-0.2, -0.15) is 0 Å². The molecule has 0 aromatic heterocycles. The zero-order valence-electron chi connectivity index (χ0n) is 8.68. The number of nitrogens with one attached hydrogen (secondary N) is 1. The van der Waals surface area contributed by atoms with Gasteiger partial charge in [0.25, 0.3) is 0 Å². The summed E-state index contributed by atoms with van der Waals surface area (Å²) in [6, 6.07) is 5.39. The van der Waals surface area contributed by atoms with Crippen LogP contribution >= 0.6 is 27.5 Å². The fourth-order valence-electron chi connectivity index (χ4n) is 1.03. The Hall–Kier alpha value is -0.540. The fraction of sp³-hybridized carbons (Fsp3) is 0.364. The van der Waals surface area contributed by atoms with E-state index in [0.29, 0.717) is 10.7 Å². The number of benzene rings is 1. The first-order valence-electron chi connectivity index (χ1n) is 4.80. The van der Waals surface area contributed by atoms with Crippen molar-refractivity contribution in [2.75, 3.05) is 5.32 Å². The monoisotopic (exact) mass is 289 g/mol. The Bertz CT molecular complexity index is 368. The molecule has 0 saturated carbocycles. The number of hydrogen-bond donors (Lipinski definition) is 1. The van der Waals surface area contributed by atoms with Gasteiger partial charge in [-0.3, -0.25) is 4.79 Å². The van der Waals surface area contributed by atoms with E-state index < -0.39 is 0 Å². The van der Waals surface area contributed by atoms with Gasteiger partial charge in [0.1, 0.15) is 0 Å². The highest BCUT2D eigenvalue weighted by Gasteiger charge is 2.11. The number of carbonyl (C=O) groups excluding carboxylic acids is 1. The second-order valence-corrected chi connectivity index (χ2v) is 4.75. The van der Waals surface area contributed by atoms with E-state index in [9.17, 15) is 4.79 Å². The van der Waals surface area contributed by atoms with E-state index in [2.05, 4.69) is 21.2 Å². The average molecular weight is 291 g/mol. The Morgan fingerprint density at radius 3 is 2.80 bits per heavy atom. The molecule has 1 aromatic carbocycles. The van der Waals surface area contributed by atoms with E-state index in [-0.39, 0.29) is 11.8 Å². The van der Waals surface area contributed by atoms with Crippen LogP contribution in [0.4, 0.5) is 5.69 Å². The van der Waals surface area contributed by atoms with Gasteiger partial charge in [-0.25, -0.2) is 0 Å². The maximum absolute atomic E-state index is 11.6. The van der Waals surface area contributed by atoms with E-state index in [1.165, 1.54) is 0 Å². The maximum Gasteiger partial charge on any atom is 0.227 e. The summed E-state index contributed by atoms with van der Waals surface area (Å²) in [5.41, 5.74) is 0.658. The molecule has 1 rings (SSSR count). The standard InChI is InChI=1S/C11H13BrClNO/c1-3-7(2)11(15)14-10-5-4-8(12)6-9(10)13/h4-7H,3H2,1-2H3,(H,14,15). The average Bonchev–Trinajstić information content (AvgIpc) is 2.20. The van der Waals surface area contributed by atoms with Crippen molar-refractivity contribution in [2.24, 2.45) is 5.92 Å². The predicted octanol–water partition coefficient (Wildman–Crippen LogP) is 4.09. The Morgan fingerprint density at radius 2 is 2.27 bits per heavy atom. The van der Waals surface area contributed by atoms with Gasteiger partial charge >= 0.3 is 0 Å². The first-order chi connectivity index (χ1) is 7.04. The van der Waals surface area contributed by atoms with Gasteiger partial charge in [-0.1, -0.05) is 41.4 Å². The van der Waals surface area contributed by atoms with Crippen molar-refractivity contribution < 1.29 is 4.79 Å². The van der Waals surface area contributed by atoms with Gasteiger partial charge < -0.3 is 5.32 Å². The SMILES string of the molecule is CCC(C)C(=O)Nc1ccc(Br)cc1Cl. The Kier molecular flexibility index (Phi) is 4.61. The summed E-state index contributed by atoms with van der Waals surface area (Å²) in [5, 5.41) is 3.34. The first kappa shape index (κ1) is 12.5. The van der Waals surface area contributed by atoms with E-state index in [1.807, 2.05) is 19.9 Å². The highest BCUT2D eigenvalue weighted by atomic mass is 79.9. The number of hydrogen-bond acceptors (Lipinski definition) is 1. The van der Waals surface area contributed by atoms with E-state index in [0.717, 1.165) is 10.9 Å². The van der Waals surface area contributed by atoms with E-state index >= 15 is 0 Å². The highest BCUT2D eigenvalue weighted by molar-refractivity contribution is 9.10. The van der Waals surface area contributed by atoms with E-state index in [1.54, 1.807) is 12.1 Å². The summed E-state index contributed by atoms with van der Waals surface area (Å²) >= 11 is 9.28. The minimum atomic E-state index is 0.00159. The zero-order valence-corrected chi connectivity index (χ0v) is 11.0. The normalized spacial score (nSPS) is 12.3. The number of carbonyl (C=O) groups is 1. The van der Waals surface area contributed by atoms with Crippen LogP contribution in [-0.2, 0) is 4.79 Å². The third-order valence-electron chi connectivity index (χ3n) is 2.25. The Morgan fingerprint density at radius 1 is 1.60 bits per heavy atom. The molecular weight excluding hydrogens is 277 g/mol. The third kappa shape index (κ3) is 3.50. The number of halogens is 2. The van der Waals surface area contributed by atoms with Crippen LogP contribution in [0.25, 0.3) is 0 Å². The topological polar surface area (TPSA) is 29.1 Å². The van der Waals surface area contributed by atoms with Crippen molar-refractivity contribution in [2.45, 2.75) is 20.3 Å². The van der Waals surface area contributed by atoms with Crippen molar-refractivity contribution >= 4 is 39.1 Å². The molecule has 1 N–H and O–H groups in total. The van der Waals surface area contributed by atoms with Crippen LogP contribution in [0, 0.1) is 5.92 Å². The fourth-order valence-corrected chi connectivity index (χ4v) is 1.75. The summed E-state index contributed by atoms with van der Waals surface area (Å²) in [6.07, 6.45) is 0.819. The molecule has 1 aromatic rings. The minimum absolute atomic E-state index is 0.00159. The van der Waals surface area contributed by atoms with Crippen LogP contribution in [-0.4, -0.2) is 5.91 Å². The van der Waals surface area contributed by atoms with E-state index in [4.69, 9.17) is 11.6 Å². The molecule has 1 unspecified atom stereocenters. The summed E-state index contributed by atoms with van der Waals surface area (Å²) in [6.45, 7) is 3.87. The lowest BCUT2D eigenvalue weighted by molar-refractivity contribution is -0.119. The third-order valence-corrected chi connectivity index (χ3v) is 3.05. The first-order valence-corrected chi connectivity index (χ1v) is 5.97. The quantitative estimate of drug-likeness (QED) is 0.892. The molecule has 0 saturated heterocycles. The van der Waals surface area contributed by atoms with Gasteiger partial charge in [0, 0.05) is 10.4 Å². The number of rotatable bonds is 3. The molecule has 1 atom stereocenters. The van der Waals surface area contributed by atoms with Gasteiger partial charge in [-0.15, -0.1) is 0 Å². The summed E-state index contributed by atoms with van der Waals surface area (Å²) in [7, 11) is 0. The zero-order chi connectivity index (χ0) is 11.4. The molecule has 4 heteroatoms. The van der Waals surface area contributed by atoms with Crippen LogP contribution in [0.15, 0.2) is 22.7 Å². The molecule has 0 heterocycles. The molecule has 82 valence electrons. The van der Waals surface area contributed by atoms with Gasteiger partial charge in [0.2, 0.25) is 5.91 Å². The van der Waals surface area contributed by atoms with Crippen molar-refractivity contribution in [3.05, 3.63) is 27.7 Å². The predicted molar refractivity (Wildman–Crippen MR) is 67.2 cm³/mol. The van der Waals surface area contributed by atoms with Crippen LogP contribution in [0.5, 0.6) is 0 Å². The molecule has 1 amide bonds. The molecule has 0 fully saturated rings. The summed E-state index contributed by atoms with van der Waals surface area (Å²) in [4.78, 5) is 11.6. The van der Waals surface area contributed by atoms with Gasteiger partial charge in [-0.05, 0) is 24.6 Å². The molecule has 15 heavy (non-hydrogen) atoms. The molecule has 2 nitrogen and oxygen atoms in total. The maximum atomic E-state index is 11.6. The van der Waals surface area contributed by atoms with Crippen LogP contribution in [0.2, 0.25) is 5.02 Å². The lowest BCUT2D eigenvalue weighted by Crippen LogP contribution is -2.19. The van der Waals surface area contributed by atoms with Gasteiger partial charge in [0.15, 0.2) is 0 Å². The lowest BCUT2D eigenvalue weighted by atomic mass is 10.1. The smallest absolute Gasteiger partial charge is 0.227 e. The molecule has 0 aliphatic carbocycles. The largest absolute Gasteiger partial charge is 0.325 e. The molecule has 0 radical (unpaired) electrons. The van der Waals surface area contributed by atoms with Crippen LogP contribution < -0.4 is 5.32 Å². The van der Waals surface area contributed by atoms with Crippen molar-refractivity contribution in [3.8, 4) is 0 Å². The van der Waals surface area contributed by atoms with Crippen molar-refractivity contribution in [1.82, 2.24) is 0 Å². The number of amides is 1. The summed E-state index contributed by atoms with van der Waals surface area (Å²) < 4.78 is 0.897. The van der Waals surface area contributed by atoms with Crippen LogP contribution in [0.1, 0.15) is 20.3 Å².